The summed E-state index contributed by atoms with van der Waals surface area (Å²) in [6.45, 7) is 10.6. The van der Waals surface area contributed by atoms with Crippen molar-refractivity contribution in [2.75, 3.05) is 6.61 Å². The smallest absolute Gasteiger partial charge is 0.340 e. The summed E-state index contributed by atoms with van der Waals surface area (Å²) in [7, 11) is 0. The van der Waals surface area contributed by atoms with Gasteiger partial charge in [0.05, 0.1) is 12.2 Å². The Labute approximate surface area is 147 Å². The van der Waals surface area contributed by atoms with Gasteiger partial charge in [-0.3, -0.25) is 0 Å². The van der Waals surface area contributed by atoms with E-state index in [4.69, 9.17) is 9.47 Å². The molecule has 0 spiro atoms. The zero-order valence-electron chi connectivity index (χ0n) is 15.6. The number of aromatic hydroxyl groups is 1. The van der Waals surface area contributed by atoms with Gasteiger partial charge in [0, 0.05) is 16.3 Å². The number of benzene rings is 2. The highest BCUT2D eigenvalue weighted by Gasteiger charge is 2.34. The van der Waals surface area contributed by atoms with E-state index in [0.29, 0.717) is 10.8 Å². The molecule has 4 nitrogen and oxygen atoms in total. The molecule has 0 fully saturated rings. The molecule has 136 valence electrons. The molecule has 0 heterocycles. The van der Waals surface area contributed by atoms with Crippen LogP contribution in [-0.4, -0.2) is 23.3 Å². The monoisotopic (exact) mass is 348 g/mol. The van der Waals surface area contributed by atoms with Crippen molar-refractivity contribution in [1.29, 1.82) is 0 Å². The fourth-order valence-electron chi connectivity index (χ4n) is 2.81. The van der Waals surface area contributed by atoms with E-state index in [2.05, 4.69) is 0 Å². The van der Waals surface area contributed by atoms with Crippen LogP contribution in [0, 0.1) is 19.7 Å². The van der Waals surface area contributed by atoms with Crippen LogP contribution in [0.1, 0.15) is 50.5 Å². The molecule has 0 bridgehead atoms. The van der Waals surface area contributed by atoms with Crippen molar-refractivity contribution >= 4 is 16.7 Å². The lowest BCUT2D eigenvalue weighted by Crippen LogP contribution is -2.29. The lowest BCUT2D eigenvalue weighted by atomic mass is 9.94. The number of fused-ring (bicyclic) bond motifs is 1. The molecule has 0 aliphatic carbocycles. The van der Waals surface area contributed by atoms with Crippen molar-refractivity contribution in [1.82, 2.24) is 0 Å². The molecule has 0 radical (unpaired) electrons. The largest absolute Gasteiger partial charge is 0.507 e. The Balaban J connectivity index is 2.74. The quantitative estimate of drug-likeness (QED) is 0.812. The van der Waals surface area contributed by atoms with Crippen LogP contribution in [0.4, 0.5) is 4.39 Å². The maximum Gasteiger partial charge on any atom is 0.340 e. The predicted octanol–water partition coefficient (Wildman–Crippen LogP) is 4.72. The molecular weight excluding hydrogens is 323 g/mol. The van der Waals surface area contributed by atoms with Crippen LogP contribution in [0.5, 0.6) is 5.75 Å². The molecule has 0 amide bonds. The molecular formula is C20H25FO4. The van der Waals surface area contributed by atoms with Crippen LogP contribution in [0.25, 0.3) is 10.8 Å². The van der Waals surface area contributed by atoms with Gasteiger partial charge in [-0.15, -0.1) is 0 Å². The second kappa shape index (κ2) is 7.00. The third-order valence-corrected chi connectivity index (χ3v) is 3.89. The second-order valence-electron chi connectivity index (χ2n) is 7.11. The fourth-order valence-corrected chi connectivity index (χ4v) is 2.81. The topological polar surface area (TPSA) is 55.8 Å². The zero-order chi connectivity index (χ0) is 18.9. The number of esters is 1. The number of halogens is 1. The lowest BCUT2D eigenvalue weighted by molar-refractivity contribution is -0.167. The van der Waals surface area contributed by atoms with Crippen LogP contribution >= 0.6 is 0 Å². The number of hydrogen-bond acceptors (Lipinski definition) is 4. The molecule has 0 aliphatic heterocycles. The highest BCUT2D eigenvalue weighted by Crippen LogP contribution is 2.41. The first-order valence-corrected chi connectivity index (χ1v) is 8.32. The van der Waals surface area contributed by atoms with Crippen molar-refractivity contribution < 1.29 is 23.8 Å². The Morgan fingerprint density at radius 1 is 1.24 bits per heavy atom. The second-order valence-corrected chi connectivity index (χ2v) is 7.11. The van der Waals surface area contributed by atoms with E-state index in [1.54, 1.807) is 45.9 Å². The molecule has 0 saturated carbocycles. The molecule has 2 aromatic carbocycles. The summed E-state index contributed by atoms with van der Waals surface area (Å²) in [6, 6.07) is 5.10. The average Bonchev–Trinajstić information content (AvgIpc) is 2.51. The van der Waals surface area contributed by atoms with Gasteiger partial charge >= 0.3 is 5.97 Å². The first kappa shape index (κ1) is 19.2. The van der Waals surface area contributed by atoms with Crippen molar-refractivity contribution in [3.63, 3.8) is 0 Å². The number of rotatable bonds is 4. The Hall–Kier alpha value is -2.14. The van der Waals surface area contributed by atoms with Gasteiger partial charge in [-0.25, -0.2) is 9.18 Å². The molecule has 0 aliphatic rings. The summed E-state index contributed by atoms with van der Waals surface area (Å²) < 4.78 is 25.9. The minimum atomic E-state index is -1.21. The van der Waals surface area contributed by atoms with Crippen LogP contribution in [-0.2, 0) is 14.3 Å². The highest BCUT2D eigenvalue weighted by atomic mass is 19.1. The van der Waals surface area contributed by atoms with Crippen LogP contribution in [0.15, 0.2) is 18.2 Å². The fraction of sp³-hybridized carbons (Fsp3) is 0.450. The summed E-state index contributed by atoms with van der Waals surface area (Å²) in [5, 5.41) is 11.4. The number of carbonyl (C=O) groups is 1. The van der Waals surface area contributed by atoms with Crippen LogP contribution in [0.3, 0.4) is 0 Å². The average molecular weight is 348 g/mol. The van der Waals surface area contributed by atoms with E-state index < -0.39 is 23.5 Å². The summed E-state index contributed by atoms with van der Waals surface area (Å²) in [4.78, 5) is 12.4. The maximum atomic E-state index is 14.9. The van der Waals surface area contributed by atoms with Crippen molar-refractivity contribution in [2.24, 2.45) is 0 Å². The van der Waals surface area contributed by atoms with E-state index in [-0.39, 0.29) is 23.5 Å². The van der Waals surface area contributed by atoms with Crippen molar-refractivity contribution in [2.45, 2.75) is 53.2 Å². The van der Waals surface area contributed by atoms with Gasteiger partial charge in [-0.2, -0.15) is 0 Å². The third-order valence-electron chi connectivity index (χ3n) is 3.89. The SMILES string of the molecule is CCOC(=O)C(OC(C)(C)C)c1c(C)c(F)c2cc(C)ccc2c1O. The molecule has 2 rings (SSSR count). The van der Waals surface area contributed by atoms with Gasteiger partial charge in [0.15, 0.2) is 6.10 Å². The molecule has 0 saturated heterocycles. The van der Waals surface area contributed by atoms with Gasteiger partial charge < -0.3 is 14.6 Å². The third kappa shape index (κ3) is 3.93. The zero-order valence-corrected chi connectivity index (χ0v) is 15.6. The first-order valence-electron chi connectivity index (χ1n) is 8.32. The molecule has 1 N–H and O–H groups in total. The van der Waals surface area contributed by atoms with E-state index in [9.17, 15) is 14.3 Å². The summed E-state index contributed by atoms with van der Waals surface area (Å²) >= 11 is 0. The summed E-state index contributed by atoms with van der Waals surface area (Å²) in [6.07, 6.45) is -1.21. The number of phenols is 1. The van der Waals surface area contributed by atoms with Crippen molar-refractivity contribution in [3.8, 4) is 5.75 Å². The summed E-state index contributed by atoms with van der Waals surface area (Å²) in [5.41, 5.74) is 0.487. The number of aryl methyl sites for hydroxylation is 1. The molecule has 1 unspecified atom stereocenters. The van der Waals surface area contributed by atoms with E-state index in [1.807, 2.05) is 6.92 Å². The minimum Gasteiger partial charge on any atom is -0.507 e. The Morgan fingerprint density at radius 3 is 2.44 bits per heavy atom. The van der Waals surface area contributed by atoms with Crippen molar-refractivity contribution in [3.05, 3.63) is 40.7 Å². The number of hydrogen-bond donors (Lipinski definition) is 1. The molecule has 25 heavy (non-hydrogen) atoms. The Kier molecular flexibility index (Phi) is 5.37. The van der Waals surface area contributed by atoms with Gasteiger partial charge in [-0.1, -0.05) is 17.7 Å². The first-order chi connectivity index (χ1) is 11.6. The van der Waals surface area contributed by atoms with Crippen LogP contribution < -0.4 is 0 Å². The van der Waals surface area contributed by atoms with Gasteiger partial charge in [0.2, 0.25) is 0 Å². The summed E-state index contributed by atoms with van der Waals surface area (Å²) in [5.74, 6) is -1.28. The molecule has 0 aromatic heterocycles. The van der Waals surface area contributed by atoms with Gasteiger partial charge in [0.25, 0.3) is 0 Å². The normalized spacial score (nSPS) is 13.1. The standard InChI is InChI=1S/C20H25FO4/c1-7-24-19(23)18(25-20(4,5)6)15-12(3)16(21)14-10-11(2)8-9-13(14)17(15)22/h8-10,18,22H,7H2,1-6H3. The highest BCUT2D eigenvalue weighted by molar-refractivity contribution is 5.93. The Bertz CT molecular complexity index is 806. The Morgan fingerprint density at radius 2 is 1.88 bits per heavy atom. The number of carbonyl (C=O) groups excluding carboxylic acids is 1. The van der Waals surface area contributed by atoms with Crippen LogP contribution in [0.2, 0.25) is 0 Å². The van der Waals surface area contributed by atoms with Gasteiger partial charge in [0.1, 0.15) is 11.6 Å². The molecule has 2 aromatic rings. The number of ether oxygens (including phenoxy) is 2. The predicted molar refractivity (Wildman–Crippen MR) is 95.3 cm³/mol. The molecule has 1 atom stereocenters. The van der Waals surface area contributed by atoms with Gasteiger partial charge in [-0.05, 0) is 53.2 Å². The molecule has 5 heteroatoms. The minimum absolute atomic E-state index is 0.113. The maximum absolute atomic E-state index is 14.9. The van der Waals surface area contributed by atoms with E-state index >= 15 is 0 Å². The van der Waals surface area contributed by atoms with E-state index in [0.717, 1.165) is 5.56 Å². The lowest BCUT2D eigenvalue weighted by Gasteiger charge is -2.28. The van der Waals surface area contributed by atoms with E-state index in [1.165, 1.54) is 6.92 Å². The number of phenolic OH excluding ortho intramolecular Hbond substituents is 1.